The van der Waals surface area contributed by atoms with E-state index in [0.717, 1.165) is 0 Å². The molecule has 0 saturated carbocycles. The number of hydrogen-bond donors (Lipinski definition) is 0. The summed E-state index contributed by atoms with van der Waals surface area (Å²) in [5.41, 5.74) is 0.472. The SMILES string of the molecule is CO[Si@]1([Si](C)(C)C)[C@@H](C(C)(C)C)O[Si](C)(C)[Si](C)(C)[Si]([Si](C)(C)C)([Si](C)(C)C)[Si](C)(C)[Si]1(C)C. The van der Waals surface area contributed by atoms with Crippen molar-refractivity contribution in [3.63, 3.8) is 0 Å². The quantitative estimate of drug-likeness (QED) is 0.295. The molecule has 1 heterocycles. The molecular weight excluding hydrogens is 561 g/mol. The Morgan fingerprint density at radius 2 is 0.941 bits per heavy atom. The molecule has 1 aliphatic rings. The molecule has 0 amide bonds. The van der Waals surface area contributed by atoms with Crippen molar-refractivity contribution >= 4 is 65.4 Å². The molecule has 11 heteroatoms. The van der Waals surface area contributed by atoms with Gasteiger partial charge in [-0.3, -0.25) is 0 Å². The second-order valence-corrected chi connectivity index (χ2v) is 116. The number of rotatable bonds is 4. The maximum absolute atomic E-state index is 7.97. The molecule has 2 atom stereocenters. The van der Waals surface area contributed by atoms with E-state index in [9.17, 15) is 0 Å². The van der Waals surface area contributed by atoms with Gasteiger partial charge >= 0.3 is 0 Å². The zero-order valence-corrected chi connectivity index (χ0v) is 36.4. The minimum Gasteiger partial charge on any atom is -0.424 e. The molecule has 1 fully saturated rings. The Labute approximate surface area is 223 Å². The van der Waals surface area contributed by atoms with Crippen LogP contribution in [-0.4, -0.2) is 78.3 Å². The Kier molecular flexibility index (Phi) is 8.92. The van der Waals surface area contributed by atoms with Gasteiger partial charge in [0.25, 0.3) is 0 Å². The Morgan fingerprint density at radius 3 is 1.18 bits per heavy atom. The zero-order chi connectivity index (χ0) is 28.0. The normalized spacial score (nSPS) is 31.5. The predicted molar refractivity (Wildman–Crippen MR) is 183 cm³/mol. The van der Waals surface area contributed by atoms with Crippen LogP contribution in [0.15, 0.2) is 0 Å². The van der Waals surface area contributed by atoms with Crippen LogP contribution in [0.3, 0.4) is 0 Å². The molecule has 0 spiro atoms. The molecule has 0 radical (unpaired) electrons. The minimum absolute atomic E-state index is 0.131. The molecule has 0 unspecified atom stereocenters. The summed E-state index contributed by atoms with van der Waals surface area (Å²) < 4.78 is 15.3. The van der Waals surface area contributed by atoms with Crippen molar-refractivity contribution in [2.45, 2.75) is 138 Å². The summed E-state index contributed by atoms with van der Waals surface area (Å²) in [6.45, 7) is 55.5. The molecule has 0 aromatic heterocycles. The standard InChI is InChI=1S/C23H64O2Si9/c1-23(2,3)22-25-29(14,15)30(16,17)34(27(8,9)10,28(11,12)13)32(20,21)31(18,19)33(22,24-4)26(5,6)7/h22H,1-21H3/t22-,33-/m0/s1. The van der Waals surface area contributed by atoms with Crippen LogP contribution in [0.5, 0.6) is 0 Å². The Balaban J connectivity index is 4.65. The summed E-state index contributed by atoms with van der Waals surface area (Å²) in [4.78, 5) is 0. The van der Waals surface area contributed by atoms with Gasteiger partial charge in [0.1, 0.15) is 0 Å². The van der Waals surface area contributed by atoms with Crippen molar-refractivity contribution in [1.82, 2.24) is 0 Å². The molecule has 0 N–H and O–H groups in total. The van der Waals surface area contributed by atoms with Crippen molar-refractivity contribution in [2.75, 3.05) is 7.11 Å². The van der Waals surface area contributed by atoms with Gasteiger partial charge in [0, 0.05) is 35.5 Å². The molecule has 1 rings (SSSR count). The Bertz CT molecular complexity index is 751. The molecule has 2 nitrogen and oxygen atoms in total. The molecule has 0 aliphatic carbocycles. The van der Waals surface area contributed by atoms with Crippen LogP contribution in [0.2, 0.25) is 111 Å². The summed E-state index contributed by atoms with van der Waals surface area (Å²) >= 11 is 0. The first kappa shape index (κ1) is 33.9. The first-order valence-electron chi connectivity index (χ1n) is 13.6. The largest absolute Gasteiger partial charge is 0.424 e. The first-order chi connectivity index (χ1) is 14.4. The van der Waals surface area contributed by atoms with E-state index < -0.39 is 65.4 Å². The topological polar surface area (TPSA) is 18.5 Å². The highest BCUT2D eigenvalue weighted by Gasteiger charge is 2.83. The van der Waals surface area contributed by atoms with E-state index in [0.29, 0.717) is 5.73 Å². The molecular formula is C23H64O2Si9. The summed E-state index contributed by atoms with van der Waals surface area (Å²) in [5.74, 6) is 0. The van der Waals surface area contributed by atoms with Crippen LogP contribution in [0.25, 0.3) is 0 Å². The minimum atomic E-state index is -2.21. The van der Waals surface area contributed by atoms with Gasteiger partial charge in [-0.25, -0.2) is 0 Å². The highest BCUT2D eigenvalue weighted by molar-refractivity contribution is 8.20. The average molecular weight is 626 g/mol. The zero-order valence-electron chi connectivity index (χ0n) is 27.4. The van der Waals surface area contributed by atoms with Crippen LogP contribution in [0.4, 0.5) is 0 Å². The van der Waals surface area contributed by atoms with Crippen LogP contribution < -0.4 is 0 Å². The van der Waals surface area contributed by atoms with Crippen molar-refractivity contribution < 1.29 is 8.85 Å². The summed E-state index contributed by atoms with van der Waals surface area (Å²) in [5, 5.41) is 0. The van der Waals surface area contributed by atoms with E-state index in [1.54, 1.807) is 0 Å². The van der Waals surface area contributed by atoms with Gasteiger partial charge in [-0.1, -0.05) is 119 Å². The lowest BCUT2D eigenvalue weighted by Gasteiger charge is -2.76. The van der Waals surface area contributed by atoms with Crippen molar-refractivity contribution in [3.05, 3.63) is 0 Å². The fraction of sp³-hybridized carbons (Fsp3) is 1.00. The van der Waals surface area contributed by atoms with E-state index in [2.05, 4.69) is 139 Å². The highest BCUT2D eigenvalue weighted by Crippen LogP contribution is 2.56. The van der Waals surface area contributed by atoms with Crippen molar-refractivity contribution in [3.8, 4) is 0 Å². The fourth-order valence-electron chi connectivity index (χ4n) is 10.7. The van der Waals surface area contributed by atoms with Crippen LogP contribution in [-0.2, 0) is 8.85 Å². The van der Waals surface area contributed by atoms with E-state index in [1.807, 2.05) is 0 Å². The van der Waals surface area contributed by atoms with E-state index in [-0.39, 0.29) is 5.41 Å². The molecule has 0 aromatic carbocycles. The third-order valence-corrected chi connectivity index (χ3v) is 223. The molecule has 1 aliphatic heterocycles. The molecule has 1 saturated heterocycles. The molecule has 204 valence electrons. The van der Waals surface area contributed by atoms with Crippen LogP contribution >= 0.6 is 0 Å². The summed E-state index contributed by atoms with van der Waals surface area (Å²) in [6.07, 6.45) is -1.64. The Morgan fingerprint density at radius 1 is 0.588 bits per heavy atom. The lowest BCUT2D eigenvalue weighted by atomic mass is 9.98. The first-order valence-corrected chi connectivity index (χ1v) is 48.0. The lowest BCUT2D eigenvalue weighted by Crippen LogP contribution is -3.06. The van der Waals surface area contributed by atoms with E-state index in [1.165, 1.54) is 0 Å². The van der Waals surface area contributed by atoms with Crippen LogP contribution in [0, 0.1) is 5.41 Å². The molecule has 0 bridgehead atoms. The second kappa shape index (κ2) is 8.95. The van der Waals surface area contributed by atoms with Gasteiger partial charge in [0.05, 0.1) is 27.5 Å². The summed E-state index contributed by atoms with van der Waals surface area (Å²) in [7, 11) is -11.8. The average Bonchev–Trinajstić information content (AvgIpc) is 2.47. The number of hydrogen-bond acceptors (Lipinski definition) is 2. The maximum Gasteiger partial charge on any atom is 0.191 e. The van der Waals surface area contributed by atoms with Crippen LogP contribution in [0.1, 0.15) is 20.8 Å². The van der Waals surface area contributed by atoms with Crippen molar-refractivity contribution in [2.24, 2.45) is 5.41 Å². The van der Waals surface area contributed by atoms with Gasteiger partial charge in [0.2, 0.25) is 0 Å². The van der Waals surface area contributed by atoms with Gasteiger partial charge < -0.3 is 8.85 Å². The smallest absolute Gasteiger partial charge is 0.191 e. The van der Waals surface area contributed by atoms with Gasteiger partial charge in [-0.05, 0) is 18.5 Å². The highest BCUT2D eigenvalue weighted by atomic mass is 30.3. The monoisotopic (exact) mass is 624 g/mol. The van der Waals surface area contributed by atoms with E-state index >= 15 is 0 Å². The van der Waals surface area contributed by atoms with Gasteiger partial charge in [-0.15, -0.1) is 0 Å². The Hall–Kier alpha value is 1.87. The third-order valence-electron chi connectivity index (χ3n) is 11.1. The van der Waals surface area contributed by atoms with Gasteiger partial charge in [0.15, 0.2) is 15.2 Å². The van der Waals surface area contributed by atoms with Gasteiger partial charge in [-0.2, -0.15) is 0 Å². The molecule has 0 aromatic rings. The fourth-order valence-corrected chi connectivity index (χ4v) is 393. The third kappa shape index (κ3) is 4.15. The maximum atomic E-state index is 7.97. The van der Waals surface area contributed by atoms with E-state index in [4.69, 9.17) is 8.85 Å². The predicted octanol–water partition coefficient (Wildman–Crippen LogP) is 7.98. The second-order valence-electron chi connectivity index (χ2n) is 17.7. The lowest BCUT2D eigenvalue weighted by molar-refractivity contribution is 0.130. The molecule has 34 heavy (non-hydrogen) atoms. The van der Waals surface area contributed by atoms with Crippen molar-refractivity contribution in [1.29, 1.82) is 0 Å². The summed E-state index contributed by atoms with van der Waals surface area (Å²) in [6, 6.07) is 0.